The summed E-state index contributed by atoms with van der Waals surface area (Å²) in [6.45, 7) is 4.03. The molecule has 1 aliphatic rings. The van der Waals surface area contributed by atoms with Gasteiger partial charge in [0.1, 0.15) is 5.54 Å². The van der Waals surface area contributed by atoms with Crippen molar-refractivity contribution < 1.29 is 4.79 Å². The molecule has 0 spiro atoms. The summed E-state index contributed by atoms with van der Waals surface area (Å²) >= 11 is 0. The van der Waals surface area contributed by atoms with Crippen molar-refractivity contribution >= 4 is 6.08 Å². The maximum absolute atomic E-state index is 10.3. The quantitative estimate of drug-likeness (QED) is 0.543. The highest BCUT2D eigenvalue weighted by Gasteiger charge is 2.46. The van der Waals surface area contributed by atoms with Crippen LogP contribution in [0, 0.1) is 13.8 Å². The molecule has 0 aliphatic heterocycles. The van der Waals surface area contributed by atoms with Crippen LogP contribution in [0.4, 0.5) is 0 Å². The summed E-state index contributed by atoms with van der Waals surface area (Å²) in [6, 6.07) is 2.07. The van der Waals surface area contributed by atoms with Gasteiger partial charge >= 0.3 is 0 Å². The van der Waals surface area contributed by atoms with E-state index in [9.17, 15) is 4.79 Å². The van der Waals surface area contributed by atoms with Gasteiger partial charge in [0.15, 0.2) is 0 Å². The molecule has 13 heavy (non-hydrogen) atoms. The van der Waals surface area contributed by atoms with Crippen LogP contribution in [0.3, 0.4) is 0 Å². The van der Waals surface area contributed by atoms with Crippen molar-refractivity contribution in [3.8, 4) is 0 Å². The van der Waals surface area contributed by atoms with Gasteiger partial charge in [-0.1, -0.05) is 0 Å². The Morgan fingerprint density at radius 2 is 2.23 bits per heavy atom. The molecule has 1 fully saturated rings. The standard InChI is InChI=1S/C10H12N2O/c1-7-5-9(8(2)12-7)10(3-4-10)11-6-13/h5,12H,3-4H2,1-2H3. The van der Waals surface area contributed by atoms with E-state index >= 15 is 0 Å². The lowest BCUT2D eigenvalue weighted by atomic mass is 10.1. The summed E-state index contributed by atoms with van der Waals surface area (Å²) in [7, 11) is 0. The van der Waals surface area contributed by atoms with E-state index < -0.39 is 0 Å². The van der Waals surface area contributed by atoms with E-state index in [0.29, 0.717) is 0 Å². The highest BCUT2D eigenvalue weighted by Crippen LogP contribution is 2.50. The minimum absolute atomic E-state index is 0.226. The molecule has 3 heteroatoms. The molecule has 1 saturated carbocycles. The maximum Gasteiger partial charge on any atom is 0.235 e. The van der Waals surface area contributed by atoms with Gasteiger partial charge in [-0.15, -0.1) is 0 Å². The zero-order valence-corrected chi connectivity index (χ0v) is 7.85. The number of aromatic amines is 1. The number of aromatic nitrogens is 1. The van der Waals surface area contributed by atoms with E-state index in [0.717, 1.165) is 29.8 Å². The number of hydrogen-bond acceptors (Lipinski definition) is 2. The van der Waals surface area contributed by atoms with Gasteiger partial charge in [-0.3, -0.25) is 0 Å². The topological polar surface area (TPSA) is 45.2 Å². The number of nitrogens with one attached hydrogen (secondary N) is 1. The lowest BCUT2D eigenvalue weighted by Crippen LogP contribution is -2.02. The molecule has 0 unspecified atom stereocenters. The third kappa shape index (κ3) is 1.21. The van der Waals surface area contributed by atoms with Crippen molar-refractivity contribution in [1.82, 2.24) is 4.98 Å². The van der Waals surface area contributed by atoms with Crippen LogP contribution in [0.1, 0.15) is 29.8 Å². The van der Waals surface area contributed by atoms with Crippen molar-refractivity contribution in [2.24, 2.45) is 4.99 Å². The molecule has 0 saturated heterocycles. The average molecular weight is 176 g/mol. The van der Waals surface area contributed by atoms with Crippen LogP contribution in [0.2, 0.25) is 0 Å². The lowest BCUT2D eigenvalue weighted by Gasteiger charge is -2.05. The molecule has 68 valence electrons. The Hall–Kier alpha value is -1.34. The van der Waals surface area contributed by atoms with Gasteiger partial charge < -0.3 is 4.98 Å². The summed E-state index contributed by atoms with van der Waals surface area (Å²) in [5.41, 5.74) is 3.18. The number of nitrogens with zero attached hydrogens (tertiary/aromatic N) is 1. The van der Waals surface area contributed by atoms with Crippen molar-refractivity contribution in [2.45, 2.75) is 32.2 Å². The molecular formula is C10H12N2O. The van der Waals surface area contributed by atoms with E-state index in [4.69, 9.17) is 0 Å². The zero-order valence-electron chi connectivity index (χ0n) is 7.85. The van der Waals surface area contributed by atoms with Gasteiger partial charge in [0.25, 0.3) is 0 Å². The Balaban J connectivity index is 2.45. The third-order valence-electron chi connectivity index (χ3n) is 2.63. The number of aliphatic imine (C=N–C) groups is 1. The van der Waals surface area contributed by atoms with Crippen LogP contribution >= 0.6 is 0 Å². The molecule has 1 aromatic heterocycles. The van der Waals surface area contributed by atoms with Gasteiger partial charge in [-0.2, -0.15) is 4.99 Å². The van der Waals surface area contributed by atoms with Crippen LogP contribution in [0.25, 0.3) is 0 Å². The number of H-pyrrole nitrogens is 1. The van der Waals surface area contributed by atoms with Crippen LogP contribution in [-0.4, -0.2) is 11.1 Å². The Morgan fingerprint density at radius 3 is 2.62 bits per heavy atom. The molecule has 1 aliphatic carbocycles. The van der Waals surface area contributed by atoms with E-state index in [1.165, 1.54) is 0 Å². The molecule has 0 amide bonds. The highest BCUT2D eigenvalue weighted by atomic mass is 16.1. The number of rotatable bonds is 2. The fourth-order valence-electron chi connectivity index (χ4n) is 1.85. The first-order valence-corrected chi connectivity index (χ1v) is 4.44. The molecular weight excluding hydrogens is 164 g/mol. The third-order valence-corrected chi connectivity index (χ3v) is 2.63. The summed E-state index contributed by atoms with van der Waals surface area (Å²) in [5, 5.41) is 0. The molecule has 3 nitrogen and oxygen atoms in total. The van der Waals surface area contributed by atoms with E-state index in [1.54, 1.807) is 6.08 Å². The first kappa shape index (κ1) is 8.27. The van der Waals surface area contributed by atoms with Crippen molar-refractivity contribution in [2.75, 3.05) is 0 Å². The Bertz CT molecular complexity index is 382. The smallest absolute Gasteiger partial charge is 0.235 e. The second kappa shape index (κ2) is 2.57. The molecule has 0 atom stereocenters. The minimum atomic E-state index is -0.226. The van der Waals surface area contributed by atoms with Crippen molar-refractivity contribution in [3.05, 3.63) is 23.0 Å². The maximum atomic E-state index is 10.3. The molecule has 0 bridgehead atoms. The fraction of sp³-hybridized carbons (Fsp3) is 0.500. The van der Waals surface area contributed by atoms with Crippen LogP contribution in [0.5, 0.6) is 0 Å². The Morgan fingerprint density at radius 1 is 1.54 bits per heavy atom. The number of hydrogen-bond donors (Lipinski definition) is 1. The molecule has 0 aromatic carbocycles. The summed E-state index contributed by atoms with van der Waals surface area (Å²) < 4.78 is 0. The predicted octanol–water partition coefficient (Wildman–Crippen LogP) is 1.96. The SMILES string of the molecule is Cc1cc(C2(N=C=O)CC2)c(C)[nH]1. The second-order valence-corrected chi connectivity index (χ2v) is 3.73. The minimum Gasteiger partial charge on any atom is -0.362 e. The average Bonchev–Trinajstić information content (AvgIpc) is 2.74. The largest absolute Gasteiger partial charge is 0.362 e. The van der Waals surface area contributed by atoms with E-state index in [2.05, 4.69) is 16.0 Å². The van der Waals surface area contributed by atoms with Crippen LogP contribution in [0.15, 0.2) is 11.1 Å². The number of isocyanates is 1. The van der Waals surface area contributed by atoms with E-state index in [-0.39, 0.29) is 5.54 Å². The van der Waals surface area contributed by atoms with Gasteiger partial charge in [0.05, 0.1) is 0 Å². The fourth-order valence-corrected chi connectivity index (χ4v) is 1.85. The predicted molar refractivity (Wildman–Crippen MR) is 49.3 cm³/mol. The Kier molecular flexibility index (Phi) is 1.64. The normalized spacial score (nSPS) is 18.0. The molecule has 1 heterocycles. The molecule has 2 rings (SSSR count). The van der Waals surface area contributed by atoms with Gasteiger partial charge in [-0.05, 0) is 32.8 Å². The number of carbonyl (C=O) groups excluding carboxylic acids is 1. The highest BCUT2D eigenvalue weighted by molar-refractivity contribution is 5.43. The number of aryl methyl sites for hydroxylation is 2. The summed E-state index contributed by atoms with van der Waals surface area (Å²) in [4.78, 5) is 17.4. The molecule has 0 radical (unpaired) electrons. The van der Waals surface area contributed by atoms with E-state index in [1.807, 2.05) is 13.8 Å². The van der Waals surface area contributed by atoms with Crippen LogP contribution < -0.4 is 0 Å². The van der Waals surface area contributed by atoms with Crippen LogP contribution in [-0.2, 0) is 10.3 Å². The second-order valence-electron chi connectivity index (χ2n) is 3.73. The monoisotopic (exact) mass is 176 g/mol. The first-order valence-electron chi connectivity index (χ1n) is 4.44. The van der Waals surface area contributed by atoms with Gasteiger partial charge in [0.2, 0.25) is 6.08 Å². The van der Waals surface area contributed by atoms with Crippen molar-refractivity contribution in [3.63, 3.8) is 0 Å². The first-order chi connectivity index (χ1) is 6.18. The summed E-state index contributed by atoms with van der Waals surface area (Å²) in [5.74, 6) is 0. The van der Waals surface area contributed by atoms with Crippen molar-refractivity contribution in [1.29, 1.82) is 0 Å². The summed E-state index contributed by atoms with van der Waals surface area (Å²) in [6.07, 6.45) is 3.61. The van der Waals surface area contributed by atoms with Gasteiger partial charge in [-0.25, -0.2) is 4.79 Å². The van der Waals surface area contributed by atoms with Gasteiger partial charge in [0, 0.05) is 17.0 Å². The Labute approximate surface area is 76.9 Å². The zero-order chi connectivity index (χ0) is 9.47. The lowest BCUT2D eigenvalue weighted by molar-refractivity contribution is 0.556. The molecule has 1 N–H and O–H groups in total. The molecule has 1 aromatic rings.